The topological polar surface area (TPSA) is 72.7 Å². The fourth-order valence-corrected chi connectivity index (χ4v) is 6.57. The summed E-state index contributed by atoms with van der Waals surface area (Å²) in [7, 11) is -4.02. The number of fused-ring (bicyclic) bond motifs is 2. The SMILES string of the molecule is Cc1ccn2c(NC(C)(C)CC(C)(C)C)c(-c3ccc(OS(=O)(=O)c4cccc5ccccc45)cc3)nc2c1. The normalized spacial score (nSPS) is 12.7. The summed E-state index contributed by atoms with van der Waals surface area (Å²) in [5.74, 6) is 1.14. The van der Waals surface area contributed by atoms with E-state index in [1.54, 1.807) is 30.3 Å². The molecule has 0 aliphatic carbocycles. The number of benzene rings is 3. The number of nitrogens with one attached hydrogen (secondary N) is 1. The van der Waals surface area contributed by atoms with Crippen molar-refractivity contribution < 1.29 is 12.6 Å². The third-order valence-corrected chi connectivity index (χ3v) is 7.87. The maximum Gasteiger partial charge on any atom is 0.339 e. The van der Waals surface area contributed by atoms with Gasteiger partial charge in [-0.2, -0.15) is 8.42 Å². The van der Waals surface area contributed by atoms with Crippen molar-refractivity contribution >= 4 is 32.4 Å². The molecule has 39 heavy (non-hydrogen) atoms. The molecule has 0 saturated heterocycles. The summed E-state index contributed by atoms with van der Waals surface area (Å²) < 4.78 is 34.0. The Kier molecular flexibility index (Phi) is 6.67. The summed E-state index contributed by atoms with van der Waals surface area (Å²) in [4.78, 5) is 5.10. The van der Waals surface area contributed by atoms with E-state index in [1.165, 1.54) is 0 Å². The number of anilines is 1. The van der Waals surface area contributed by atoms with Crippen molar-refractivity contribution in [2.75, 3.05) is 5.32 Å². The molecule has 3 aromatic carbocycles. The second-order valence-electron chi connectivity index (χ2n) is 12.0. The van der Waals surface area contributed by atoms with Crippen LogP contribution in [0.15, 0.2) is 90.0 Å². The molecule has 0 aliphatic heterocycles. The lowest BCUT2D eigenvalue weighted by molar-refractivity contribution is 0.302. The molecule has 0 amide bonds. The largest absolute Gasteiger partial charge is 0.379 e. The van der Waals surface area contributed by atoms with Crippen molar-refractivity contribution in [3.8, 4) is 17.0 Å². The van der Waals surface area contributed by atoms with E-state index in [4.69, 9.17) is 9.17 Å². The summed E-state index contributed by atoms with van der Waals surface area (Å²) in [5, 5.41) is 5.22. The predicted octanol–water partition coefficient (Wildman–Crippen LogP) is 7.86. The van der Waals surface area contributed by atoms with Gasteiger partial charge >= 0.3 is 10.1 Å². The molecule has 5 aromatic rings. The first kappa shape index (κ1) is 26.8. The molecule has 5 rings (SSSR count). The van der Waals surface area contributed by atoms with Gasteiger partial charge in [-0.25, -0.2) is 4.98 Å². The van der Waals surface area contributed by atoms with Crippen LogP contribution >= 0.6 is 0 Å². The number of aryl methyl sites for hydroxylation is 1. The molecule has 2 heterocycles. The fourth-order valence-electron chi connectivity index (χ4n) is 5.41. The molecule has 0 fully saturated rings. The Labute approximate surface area is 230 Å². The van der Waals surface area contributed by atoms with Crippen LogP contribution < -0.4 is 9.50 Å². The lowest BCUT2D eigenvalue weighted by atomic mass is 9.82. The van der Waals surface area contributed by atoms with Gasteiger partial charge in [0.15, 0.2) is 0 Å². The molecule has 202 valence electrons. The molecular formula is C32H35N3O3S. The molecule has 0 atom stereocenters. The Hall–Kier alpha value is -3.84. The van der Waals surface area contributed by atoms with Gasteiger partial charge in [-0.1, -0.05) is 57.2 Å². The third-order valence-electron chi connectivity index (χ3n) is 6.56. The molecular weight excluding hydrogens is 506 g/mol. The second kappa shape index (κ2) is 9.72. The number of rotatable bonds is 7. The van der Waals surface area contributed by atoms with Crippen LogP contribution in [0.1, 0.15) is 46.6 Å². The van der Waals surface area contributed by atoms with Crippen LogP contribution in [0, 0.1) is 12.3 Å². The molecule has 0 radical (unpaired) electrons. The Balaban J connectivity index is 1.49. The van der Waals surface area contributed by atoms with Crippen molar-refractivity contribution in [1.82, 2.24) is 9.38 Å². The summed E-state index contributed by atoms with van der Waals surface area (Å²) in [6, 6.07) is 23.7. The Morgan fingerprint density at radius 1 is 0.897 bits per heavy atom. The summed E-state index contributed by atoms with van der Waals surface area (Å²) in [6.45, 7) is 13.2. The molecule has 1 N–H and O–H groups in total. The molecule has 6 nitrogen and oxygen atoms in total. The number of hydrogen-bond acceptors (Lipinski definition) is 5. The number of imidazole rings is 1. The first-order valence-corrected chi connectivity index (χ1v) is 14.5. The van der Waals surface area contributed by atoms with E-state index in [0.717, 1.165) is 40.1 Å². The summed E-state index contributed by atoms with van der Waals surface area (Å²) in [6.07, 6.45) is 2.99. The average molecular weight is 542 g/mol. The Bertz CT molecular complexity index is 1760. The first-order valence-electron chi connectivity index (χ1n) is 13.1. The molecule has 0 unspecified atom stereocenters. The highest BCUT2D eigenvalue weighted by Gasteiger charge is 2.28. The average Bonchev–Trinajstić information content (AvgIpc) is 3.18. The van der Waals surface area contributed by atoms with Gasteiger partial charge in [0.05, 0.1) is 0 Å². The predicted molar refractivity (Wildman–Crippen MR) is 159 cm³/mol. The smallest absolute Gasteiger partial charge is 0.339 e. The maximum absolute atomic E-state index is 13.2. The number of aromatic nitrogens is 2. The van der Waals surface area contributed by atoms with Gasteiger partial charge in [0.25, 0.3) is 0 Å². The lowest BCUT2D eigenvalue weighted by Crippen LogP contribution is -2.36. The van der Waals surface area contributed by atoms with Crippen LogP contribution in [-0.2, 0) is 10.1 Å². The fraction of sp³-hybridized carbons (Fsp3) is 0.281. The monoisotopic (exact) mass is 541 g/mol. The van der Waals surface area contributed by atoms with Crippen molar-refractivity contribution in [2.45, 2.75) is 58.4 Å². The van der Waals surface area contributed by atoms with Crippen molar-refractivity contribution in [1.29, 1.82) is 0 Å². The van der Waals surface area contributed by atoms with Crippen molar-refractivity contribution in [3.05, 3.63) is 90.6 Å². The van der Waals surface area contributed by atoms with E-state index in [2.05, 4.69) is 56.5 Å². The molecule has 0 bridgehead atoms. The van der Waals surface area contributed by atoms with E-state index in [1.807, 2.05) is 49.5 Å². The Morgan fingerprint density at radius 2 is 1.59 bits per heavy atom. The first-order chi connectivity index (χ1) is 18.3. The zero-order valence-electron chi connectivity index (χ0n) is 23.3. The minimum Gasteiger partial charge on any atom is -0.379 e. The zero-order valence-corrected chi connectivity index (χ0v) is 24.1. The van der Waals surface area contributed by atoms with E-state index in [-0.39, 0.29) is 21.6 Å². The van der Waals surface area contributed by atoms with Gasteiger partial charge in [-0.15, -0.1) is 0 Å². The van der Waals surface area contributed by atoms with Crippen LogP contribution in [0.2, 0.25) is 0 Å². The van der Waals surface area contributed by atoms with E-state index in [9.17, 15) is 8.42 Å². The van der Waals surface area contributed by atoms with Crippen LogP contribution in [0.4, 0.5) is 5.82 Å². The molecule has 7 heteroatoms. The summed E-state index contributed by atoms with van der Waals surface area (Å²) in [5.41, 5.74) is 3.58. The minimum atomic E-state index is -4.02. The molecule has 0 spiro atoms. The van der Waals surface area contributed by atoms with Gasteiger partial charge < -0.3 is 9.50 Å². The van der Waals surface area contributed by atoms with E-state index >= 15 is 0 Å². The maximum atomic E-state index is 13.2. The van der Waals surface area contributed by atoms with Gasteiger partial charge in [0, 0.05) is 22.7 Å². The van der Waals surface area contributed by atoms with Crippen LogP contribution in [0.3, 0.4) is 0 Å². The lowest BCUT2D eigenvalue weighted by Gasteiger charge is -2.34. The zero-order chi connectivity index (χ0) is 28.0. The number of nitrogens with zero attached hydrogens (tertiary/aromatic N) is 2. The standard InChI is InChI=1S/C32H35N3O3S/c1-22-18-19-35-28(20-22)33-29(30(35)34-32(5,6)21-31(2,3)4)24-14-16-25(17-15-24)38-39(36,37)27-13-9-11-23-10-7-8-12-26(23)27/h7-20,34H,21H2,1-6H3. The van der Waals surface area contributed by atoms with E-state index < -0.39 is 10.1 Å². The quantitative estimate of drug-likeness (QED) is 0.212. The van der Waals surface area contributed by atoms with Crippen LogP contribution in [0.5, 0.6) is 5.75 Å². The second-order valence-corrected chi connectivity index (χ2v) is 13.5. The molecule has 0 aliphatic rings. The van der Waals surface area contributed by atoms with Gasteiger partial charge in [-0.05, 0) is 86.0 Å². The highest BCUT2D eigenvalue weighted by atomic mass is 32.2. The summed E-state index contributed by atoms with van der Waals surface area (Å²) >= 11 is 0. The highest BCUT2D eigenvalue weighted by Crippen LogP contribution is 2.36. The van der Waals surface area contributed by atoms with Gasteiger partial charge in [-0.3, -0.25) is 4.40 Å². The van der Waals surface area contributed by atoms with Crippen LogP contribution in [0.25, 0.3) is 27.7 Å². The van der Waals surface area contributed by atoms with Gasteiger partial charge in [0.2, 0.25) is 0 Å². The number of hydrogen-bond donors (Lipinski definition) is 1. The number of pyridine rings is 1. The van der Waals surface area contributed by atoms with Gasteiger partial charge in [0.1, 0.15) is 27.8 Å². The van der Waals surface area contributed by atoms with E-state index in [0.29, 0.717) is 5.39 Å². The molecule has 0 saturated carbocycles. The minimum absolute atomic E-state index is 0.141. The van der Waals surface area contributed by atoms with Crippen molar-refractivity contribution in [3.63, 3.8) is 0 Å². The Morgan fingerprint density at radius 3 is 2.31 bits per heavy atom. The third kappa shape index (κ3) is 5.78. The van der Waals surface area contributed by atoms with Crippen LogP contribution in [-0.4, -0.2) is 23.3 Å². The highest BCUT2D eigenvalue weighted by molar-refractivity contribution is 7.87. The molecule has 2 aromatic heterocycles. The van der Waals surface area contributed by atoms with Crippen molar-refractivity contribution in [2.24, 2.45) is 5.41 Å².